The van der Waals surface area contributed by atoms with E-state index in [0.29, 0.717) is 43.1 Å². The van der Waals surface area contributed by atoms with E-state index in [0.717, 1.165) is 61.5 Å². The summed E-state index contributed by atoms with van der Waals surface area (Å²) < 4.78 is 11.9. The van der Waals surface area contributed by atoms with Crippen LogP contribution >= 0.6 is 0 Å². The van der Waals surface area contributed by atoms with Crippen molar-refractivity contribution in [1.82, 2.24) is 4.90 Å². The highest BCUT2D eigenvalue weighted by Gasteiger charge is 2.20. The maximum absolute atomic E-state index is 12.2. The lowest BCUT2D eigenvalue weighted by Crippen LogP contribution is -2.35. The summed E-state index contributed by atoms with van der Waals surface area (Å²) in [5.74, 6) is 1.04. The number of nitrogens with zero attached hydrogens (tertiary/aromatic N) is 3. The van der Waals surface area contributed by atoms with E-state index < -0.39 is 24.0 Å². The highest BCUT2D eigenvalue weighted by molar-refractivity contribution is 5.98. The topological polar surface area (TPSA) is 203 Å². The van der Waals surface area contributed by atoms with Gasteiger partial charge in [-0.2, -0.15) is 0 Å². The van der Waals surface area contributed by atoms with Crippen LogP contribution < -0.4 is 32.4 Å². The molecule has 1 unspecified atom stereocenters. The number of rotatable bonds is 20. The van der Waals surface area contributed by atoms with E-state index in [1.807, 2.05) is 84.9 Å². The second kappa shape index (κ2) is 22.0. The van der Waals surface area contributed by atoms with E-state index in [9.17, 15) is 9.59 Å². The number of ether oxygens (including phenoxy) is 2. The maximum atomic E-state index is 12.2. The molecule has 8 N–H and O–H groups in total. The van der Waals surface area contributed by atoms with Crippen molar-refractivity contribution in [3.8, 4) is 11.5 Å². The first-order valence-corrected chi connectivity index (χ1v) is 19.1. The minimum absolute atomic E-state index is 0.0793. The molecule has 0 radical (unpaired) electrons. The number of nitrogens with two attached hydrogens (primary N) is 4. The normalized spacial score (nSPS) is 15.1. The van der Waals surface area contributed by atoms with Crippen molar-refractivity contribution in [2.45, 2.75) is 57.0 Å². The van der Waals surface area contributed by atoms with Crippen LogP contribution in [0.5, 0.6) is 11.5 Å². The summed E-state index contributed by atoms with van der Waals surface area (Å²) in [6, 6.07) is 31.7. The van der Waals surface area contributed by atoms with Gasteiger partial charge in [-0.3, -0.25) is 0 Å². The standard InChI is InChI=1S/C43H53N7O6/c44-38(29-32-9-3-1-4-10-32)42(51)55-48-40(46)34-14-18-36(19-15-34)53-27-7-13-31-22-25-50(26-23-31)24-8-28-54-37-20-16-35(17-21-37)41(47)49-56-43(52)39(45)30-33-11-5-2-6-12-33/h1-6,9-12,14-21,31,38-39H,7-8,13,22-30,44-45H2,(H2,46,48)(H2,47,49)/t38?,39-/m0/s1. The Kier molecular flexibility index (Phi) is 16.2. The lowest BCUT2D eigenvalue weighted by Gasteiger charge is -2.32. The number of amidine groups is 2. The fourth-order valence-electron chi connectivity index (χ4n) is 6.31. The van der Waals surface area contributed by atoms with Crippen molar-refractivity contribution in [3.05, 3.63) is 131 Å². The number of piperidine rings is 1. The lowest BCUT2D eigenvalue weighted by atomic mass is 9.92. The molecule has 0 bridgehead atoms. The number of hydrogen-bond donors (Lipinski definition) is 4. The Bertz CT molecular complexity index is 1710. The third kappa shape index (κ3) is 13.8. The van der Waals surface area contributed by atoms with Crippen LogP contribution in [-0.4, -0.2) is 73.4 Å². The summed E-state index contributed by atoms with van der Waals surface area (Å²) >= 11 is 0. The number of hydrogen-bond acceptors (Lipinski definition) is 11. The first kappa shape index (κ1) is 41.4. The largest absolute Gasteiger partial charge is 0.494 e. The molecule has 1 aliphatic heterocycles. The summed E-state index contributed by atoms with van der Waals surface area (Å²) in [7, 11) is 0. The van der Waals surface area contributed by atoms with Crippen molar-refractivity contribution in [2.24, 2.45) is 39.2 Å². The Hall–Kier alpha value is -5.76. The van der Waals surface area contributed by atoms with Gasteiger partial charge in [-0.15, -0.1) is 0 Å². The minimum atomic E-state index is -0.840. The van der Waals surface area contributed by atoms with Crippen LogP contribution in [-0.2, 0) is 32.1 Å². The van der Waals surface area contributed by atoms with E-state index in [1.54, 1.807) is 24.3 Å². The zero-order valence-corrected chi connectivity index (χ0v) is 31.7. The Balaban J connectivity index is 0.898. The first-order chi connectivity index (χ1) is 27.2. The molecule has 0 aromatic heterocycles. The van der Waals surface area contributed by atoms with Crippen LogP contribution in [0.1, 0.15) is 54.4 Å². The molecule has 1 aliphatic rings. The predicted octanol–water partition coefficient (Wildman–Crippen LogP) is 4.49. The average Bonchev–Trinajstić information content (AvgIpc) is 3.23. The average molecular weight is 764 g/mol. The Morgan fingerprint density at radius 1 is 0.625 bits per heavy atom. The molecule has 0 amide bonds. The van der Waals surface area contributed by atoms with E-state index in [-0.39, 0.29) is 11.7 Å². The van der Waals surface area contributed by atoms with Gasteiger partial charge in [0.2, 0.25) is 0 Å². The quantitative estimate of drug-likeness (QED) is 0.0325. The van der Waals surface area contributed by atoms with Gasteiger partial charge >= 0.3 is 11.9 Å². The zero-order chi connectivity index (χ0) is 39.5. The van der Waals surface area contributed by atoms with Crippen LogP contribution in [0.2, 0.25) is 0 Å². The molecule has 1 heterocycles. The molecular formula is C43H53N7O6. The molecule has 1 fully saturated rings. The minimum Gasteiger partial charge on any atom is -0.494 e. The lowest BCUT2D eigenvalue weighted by molar-refractivity contribution is -0.146. The van der Waals surface area contributed by atoms with Crippen molar-refractivity contribution in [3.63, 3.8) is 0 Å². The van der Waals surface area contributed by atoms with E-state index in [1.165, 1.54) is 12.8 Å². The molecule has 296 valence electrons. The second-order valence-electron chi connectivity index (χ2n) is 13.9. The Morgan fingerprint density at radius 3 is 1.50 bits per heavy atom. The number of benzene rings is 4. The number of likely N-dealkylation sites (tertiary alicyclic amines) is 1. The van der Waals surface area contributed by atoms with E-state index in [4.69, 9.17) is 42.1 Å². The van der Waals surface area contributed by atoms with Crippen molar-refractivity contribution < 1.29 is 28.7 Å². The molecule has 0 saturated carbocycles. The van der Waals surface area contributed by atoms with Gasteiger partial charge in [-0.25, -0.2) is 9.59 Å². The van der Waals surface area contributed by atoms with Crippen molar-refractivity contribution >= 4 is 23.6 Å². The van der Waals surface area contributed by atoms with E-state index >= 15 is 0 Å². The van der Waals surface area contributed by atoms with Gasteiger partial charge in [0.25, 0.3) is 0 Å². The molecule has 4 aromatic carbocycles. The van der Waals surface area contributed by atoms with Crippen molar-refractivity contribution in [2.75, 3.05) is 32.8 Å². The van der Waals surface area contributed by atoms with Gasteiger partial charge in [0.1, 0.15) is 23.6 Å². The van der Waals surface area contributed by atoms with Crippen molar-refractivity contribution in [1.29, 1.82) is 0 Å². The van der Waals surface area contributed by atoms with Gasteiger partial charge in [-0.1, -0.05) is 71.0 Å². The molecular weight excluding hydrogens is 711 g/mol. The van der Waals surface area contributed by atoms with Gasteiger partial charge in [0.15, 0.2) is 11.7 Å². The van der Waals surface area contributed by atoms with Gasteiger partial charge in [0.05, 0.1) is 13.2 Å². The van der Waals surface area contributed by atoms with Crippen LogP contribution in [0, 0.1) is 5.92 Å². The number of carbonyl (C=O) groups is 2. The first-order valence-electron chi connectivity index (χ1n) is 19.1. The second-order valence-corrected chi connectivity index (χ2v) is 13.9. The van der Waals surface area contributed by atoms with Crippen LogP contribution in [0.25, 0.3) is 0 Å². The summed E-state index contributed by atoms with van der Waals surface area (Å²) in [6.45, 7) is 4.39. The fraction of sp³-hybridized carbons (Fsp3) is 0.349. The molecule has 13 heteroatoms. The Morgan fingerprint density at radius 2 is 1.05 bits per heavy atom. The molecule has 5 rings (SSSR count). The third-order valence-corrected chi connectivity index (χ3v) is 9.59. The summed E-state index contributed by atoms with van der Waals surface area (Å²) in [5.41, 5.74) is 27.1. The third-order valence-electron chi connectivity index (χ3n) is 9.59. The zero-order valence-electron chi connectivity index (χ0n) is 31.7. The predicted molar refractivity (Wildman–Crippen MR) is 217 cm³/mol. The molecule has 0 aliphatic carbocycles. The van der Waals surface area contributed by atoms with Gasteiger partial charge < -0.3 is 47.0 Å². The monoisotopic (exact) mass is 763 g/mol. The molecule has 0 spiro atoms. The summed E-state index contributed by atoms with van der Waals surface area (Å²) in [4.78, 5) is 37.0. The number of carbonyl (C=O) groups excluding carboxylic acids is 2. The highest BCUT2D eigenvalue weighted by Crippen LogP contribution is 2.23. The number of oxime groups is 2. The molecule has 56 heavy (non-hydrogen) atoms. The Labute approximate surface area is 328 Å². The molecule has 13 nitrogen and oxygen atoms in total. The highest BCUT2D eigenvalue weighted by atomic mass is 16.7. The SMILES string of the molecule is N/C(=N\OC(=O)C(N)Cc1ccccc1)c1ccc(OCCCC2CCN(CCCOc3ccc(/C(N)=N/OC(=O)[C@@H](N)Cc4ccccc4)cc3)CC2)cc1. The maximum Gasteiger partial charge on any atom is 0.351 e. The molecule has 1 saturated heterocycles. The summed E-state index contributed by atoms with van der Waals surface area (Å²) in [6.07, 6.45) is 6.08. The molecule has 2 atom stereocenters. The fourth-order valence-corrected chi connectivity index (χ4v) is 6.31. The van der Waals surface area contributed by atoms with Crippen LogP contribution in [0.4, 0.5) is 0 Å². The smallest absolute Gasteiger partial charge is 0.351 e. The van der Waals surface area contributed by atoms with Gasteiger partial charge in [0, 0.05) is 17.7 Å². The van der Waals surface area contributed by atoms with Gasteiger partial charge in [-0.05, 0) is 124 Å². The van der Waals surface area contributed by atoms with E-state index in [2.05, 4.69) is 15.2 Å². The summed E-state index contributed by atoms with van der Waals surface area (Å²) in [5, 5.41) is 7.55. The van der Waals surface area contributed by atoms with Crippen LogP contribution in [0.15, 0.2) is 120 Å². The van der Waals surface area contributed by atoms with Crippen LogP contribution in [0.3, 0.4) is 0 Å². The molecule has 4 aromatic rings.